The molecule has 5 fully saturated rings. The van der Waals surface area contributed by atoms with Crippen LogP contribution < -0.4 is 0 Å². The van der Waals surface area contributed by atoms with Crippen molar-refractivity contribution in [3.8, 4) is 0 Å². The van der Waals surface area contributed by atoms with E-state index in [4.69, 9.17) is 85.5 Å². The summed E-state index contributed by atoms with van der Waals surface area (Å²) in [5, 5.41) is 62.5. The number of carbonyl (C=O) groups is 6. The second-order valence-electron chi connectivity index (χ2n) is 34.4. The second-order valence-corrected chi connectivity index (χ2v) is 36.3. The molecule has 0 saturated carbocycles. The van der Waals surface area contributed by atoms with Crippen molar-refractivity contribution in [2.75, 3.05) is 13.2 Å². The van der Waals surface area contributed by atoms with E-state index in [1.54, 1.807) is 182 Å². The van der Waals surface area contributed by atoms with Crippen LogP contribution in [0.1, 0.15) is 156 Å². The van der Waals surface area contributed by atoms with Gasteiger partial charge in [-0.2, -0.15) is 0 Å². The number of halogens is 3. The normalized spacial score (nSPS) is 24.0. The molecule has 145 heavy (non-hydrogen) atoms. The Morgan fingerprint density at radius 1 is 0.310 bits per heavy atom. The first-order valence-electron chi connectivity index (χ1n) is 46.5. The summed E-state index contributed by atoms with van der Waals surface area (Å²) in [4.78, 5) is 120. The van der Waals surface area contributed by atoms with Crippen LogP contribution in [0.25, 0.3) is 55.2 Å². The van der Waals surface area contributed by atoms with Crippen LogP contribution in [0.5, 0.6) is 0 Å². The fraction of sp³-hybridized carbons (Fsp3) is 0.308. The molecule has 0 amide bonds. The number of aromatic nitrogens is 15. The maximum Gasteiger partial charge on any atom is 0.338 e. The molecule has 0 bridgehead atoms. The molecule has 6 aromatic carbocycles. The first kappa shape index (κ1) is 103. The molecule has 41 heteroatoms. The zero-order valence-corrected chi connectivity index (χ0v) is 82.5. The molecular weight excluding hydrogens is 2030 g/mol. The van der Waals surface area contributed by atoms with Crippen molar-refractivity contribution in [1.82, 2.24) is 72.7 Å². The second kappa shape index (κ2) is 46.0. The summed E-state index contributed by atoms with van der Waals surface area (Å²) in [5.41, 5.74) is 8.77. The van der Waals surface area contributed by atoms with Crippen molar-refractivity contribution in [1.29, 1.82) is 0 Å². The van der Waals surface area contributed by atoms with Gasteiger partial charge in [-0.05, 0) is 166 Å². The Morgan fingerprint density at radius 3 is 0.917 bits per heavy atom. The van der Waals surface area contributed by atoms with Crippen LogP contribution in [0.15, 0.2) is 263 Å². The number of aryl methyl sites for hydroxylation is 4. The summed E-state index contributed by atoms with van der Waals surface area (Å²) in [6.45, 7) is 12.7. The highest BCUT2D eigenvalue weighted by atomic mass is 127. The zero-order chi connectivity index (χ0) is 102. The molecule has 750 valence electrons. The van der Waals surface area contributed by atoms with Crippen molar-refractivity contribution >= 4 is 137 Å². The molecular formula is C104H100Cl2IN15O23. The lowest BCUT2D eigenvalue weighted by molar-refractivity contribution is -0.0509. The molecule has 0 radical (unpaired) electrons. The molecule has 0 spiro atoms. The molecule has 16 aromatic rings. The minimum atomic E-state index is -1.12. The van der Waals surface area contributed by atoms with Gasteiger partial charge in [-0.1, -0.05) is 153 Å². The Hall–Kier alpha value is -13.9. The van der Waals surface area contributed by atoms with E-state index >= 15 is 0 Å². The average molecular weight is 2130 g/mol. The van der Waals surface area contributed by atoms with Crippen LogP contribution in [0.3, 0.4) is 0 Å². The predicted octanol–water partition coefficient (Wildman–Crippen LogP) is 13.8. The molecule has 21 rings (SSSR count). The molecule has 0 aliphatic carbocycles. The maximum absolute atomic E-state index is 13.1. The molecule has 5 unspecified atom stereocenters. The third kappa shape index (κ3) is 21.8. The summed E-state index contributed by atoms with van der Waals surface area (Å²) < 4.78 is 75.2. The summed E-state index contributed by atoms with van der Waals surface area (Å²) in [7, 11) is 0. The summed E-state index contributed by atoms with van der Waals surface area (Å²) in [5.74, 6) is -3.18. The van der Waals surface area contributed by atoms with E-state index in [-0.39, 0.29) is 13.2 Å². The fourth-order valence-corrected chi connectivity index (χ4v) is 19.4. The van der Waals surface area contributed by atoms with Crippen LogP contribution in [0.2, 0.25) is 10.3 Å². The highest BCUT2D eigenvalue weighted by molar-refractivity contribution is 14.1. The topological polar surface area (TPSA) is 479 Å². The van der Waals surface area contributed by atoms with Gasteiger partial charge in [0.25, 0.3) is 0 Å². The van der Waals surface area contributed by atoms with E-state index in [9.17, 15) is 49.2 Å². The number of hydrogen-bond acceptors (Lipinski definition) is 33. The number of fused-ring (bicyclic) bond motifs is 5. The third-order valence-electron chi connectivity index (χ3n) is 25.4. The Bertz CT molecular complexity index is 7040. The molecule has 10 aromatic heterocycles. The number of hydrogen-bond donors (Lipinski definition) is 6. The minimum absolute atomic E-state index is 0.295. The Kier molecular flexibility index (Phi) is 32.5. The summed E-state index contributed by atoms with van der Waals surface area (Å²) in [6, 6.07) is 57.5. The number of aliphatic hydroxyl groups is 6. The third-order valence-corrected chi connectivity index (χ3v) is 26.8. The van der Waals surface area contributed by atoms with E-state index < -0.39 is 159 Å². The number of ether oxygens (including phenoxy) is 11. The maximum atomic E-state index is 13.1. The van der Waals surface area contributed by atoms with Crippen molar-refractivity contribution in [3.05, 3.63) is 333 Å². The molecule has 38 nitrogen and oxygen atoms in total. The van der Waals surface area contributed by atoms with Crippen molar-refractivity contribution < 1.29 is 112 Å². The van der Waals surface area contributed by atoms with Gasteiger partial charge in [-0.25, -0.2) is 78.6 Å². The van der Waals surface area contributed by atoms with Crippen LogP contribution in [0.4, 0.5) is 0 Å². The van der Waals surface area contributed by atoms with Crippen molar-refractivity contribution in [2.24, 2.45) is 0 Å². The van der Waals surface area contributed by atoms with Crippen LogP contribution in [-0.4, -0.2) is 244 Å². The number of rotatable bonds is 22. The van der Waals surface area contributed by atoms with Gasteiger partial charge in [0.2, 0.25) is 0 Å². The Morgan fingerprint density at radius 2 is 0.579 bits per heavy atom. The molecule has 6 N–H and O–H groups in total. The molecule has 5 aliphatic heterocycles. The zero-order valence-electron chi connectivity index (χ0n) is 78.9. The number of benzene rings is 6. The standard InChI is InChI=1S/C27H25N3O5.C26H21ClIN3O5.C26H22ClN3O5.C13H17N3O4.C12H15N3O4/c1-3-21-22(34-26(31)18-10-6-4-7-11-18)23(35-27(32)19-12-8-5-9-13-19)25(33-21)30-15-14-20-17(2)28-16-29-24(20)30;1-2-18-20(35-25(32)15-9-5-3-6-10-15)21(36-26(33)16-11-7-4-8-12-16)24(34-18)31-13-17(28)19-22(27)29-14-30-23(19)31;1-2-19-20(34-25(31)16-9-5-3-6-10-16)21(35-26(32)17-11-7-4-8-12-17)24(33-19)30-14-13-18-22(27)28-15-29-23(18)30;1-6-3-16(12-9(6)7(2)14-5-15-12)13-11(19)10(18)8(4-17)20-13;1-6-7-2-3-15(11(7)14-5-13-6)12-10(18)9(17)8(4-16)19-12/h4-16,21-23,25H,3H2,1-2H3;3-14,18,20-21,24H,2H2,1H3;3-15,19-21,24H,2H2,1H3;3,5,8,10-11,13,17-19H,4H2,1-2H3;2-3,5,8-10,12,16-18H,4H2,1H3/t21-,22?,23+,25-;18-,20?,21+,24-;19-,20?,21+,24-;8-,10?,11+,13-;8-,9?,10+,12-/m11111/s1. The SMILES string of the molecule is CC[C@H]1O[C@@H](n2cc(I)c3c(Cl)ncnc32)[C@@H](OC(=O)c2ccccc2)C1OC(=O)c1ccccc1.CC[C@H]1O[C@@H](n2ccc3c(C)ncnc32)[C@@H](OC(=O)c2ccccc2)C1OC(=O)c1ccccc1.CC[C@H]1O[C@@H](n2ccc3c(Cl)ncnc32)[C@@H](OC(=O)c2ccccc2)C1OC(=O)c1ccccc1.Cc1cn([C@@H]2O[C@H](CO)C(O)[C@@H]2O)c2ncnc(C)c12.Cc1ncnc2c1ccn2[C@@H]1O[C@H](CO)C(O)[C@@H]1O. The van der Waals surface area contributed by atoms with E-state index in [0.717, 1.165) is 42.4 Å². The van der Waals surface area contributed by atoms with Crippen LogP contribution in [0, 0.1) is 31.3 Å². The lowest BCUT2D eigenvalue weighted by atomic mass is 10.1. The van der Waals surface area contributed by atoms with Crippen LogP contribution in [-0.2, 0) is 52.1 Å². The van der Waals surface area contributed by atoms with Crippen molar-refractivity contribution in [2.45, 2.75) is 190 Å². The number of aliphatic hydroxyl groups excluding tert-OH is 6. The monoisotopic (exact) mass is 2120 g/mol. The van der Waals surface area contributed by atoms with Gasteiger partial charge in [0, 0.05) is 50.7 Å². The lowest BCUT2D eigenvalue weighted by Crippen LogP contribution is -2.39. The first-order valence-corrected chi connectivity index (χ1v) is 48.4. The van der Waals surface area contributed by atoms with Gasteiger partial charge in [0.1, 0.15) is 125 Å². The molecule has 5 saturated heterocycles. The minimum Gasteiger partial charge on any atom is -0.452 e. The Labute approximate surface area is 851 Å². The Balaban J connectivity index is 0.000000127. The average Bonchev–Trinajstić information content (AvgIpc) is 1.61. The van der Waals surface area contributed by atoms with E-state index in [0.29, 0.717) is 102 Å². The highest BCUT2D eigenvalue weighted by Crippen LogP contribution is 2.45. The van der Waals surface area contributed by atoms with Crippen LogP contribution >= 0.6 is 45.8 Å². The van der Waals surface area contributed by atoms with Gasteiger partial charge < -0.3 is 106 Å². The highest BCUT2D eigenvalue weighted by Gasteiger charge is 2.55. The number of carbonyl (C=O) groups excluding carboxylic acids is 6. The molecule has 20 atom stereocenters. The van der Waals surface area contributed by atoms with Gasteiger partial charge >= 0.3 is 35.8 Å². The summed E-state index contributed by atoms with van der Waals surface area (Å²) >= 11 is 14.7. The largest absolute Gasteiger partial charge is 0.452 e. The quantitative estimate of drug-likeness (QED) is 0.0159. The van der Waals surface area contributed by atoms with Gasteiger partial charge in [0.15, 0.2) is 67.8 Å². The van der Waals surface area contributed by atoms with E-state index in [1.165, 1.54) is 31.6 Å². The first-order chi connectivity index (χ1) is 70.3. The molecule has 5 aliphatic rings. The lowest BCUT2D eigenvalue weighted by Gasteiger charge is -2.25. The number of esters is 6. The summed E-state index contributed by atoms with van der Waals surface area (Å²) in [6.07, 6.45) is 0.855. The van der Waals surface area contributed by atoms with E-state index in [1.807, 2.05) is 120 Å². The van der Waals surface area contributed by atoms with Gasteiger partial charge in [-0.3, -0.25) is 0 Å². The van der Waals surface area contributed by atoms with Crippen molar-refractivity contribution in [3.63, 3.8) is 0 Å². The van der Waals surface area contributed by atoms with Gasteiger partial charge in [-0.15, -0.1) is 0 Å². The predicted molar refractivity (Wildman–Crippen MR) is 532 cm³/mol. The smallest absolute Gasteiger partial charge is 0.338 e. The van der Waals surface area contributed by atoms with E-state index in [2.05, 4.69) is 72.4 Å². The van der Waals surface area contributed by atoms with Gasteiger partial charge in [0.05, 0.1) is 74.4 Å². The fourth-order valence-electron chi connectivity index (χ4n) is 18.0. The molecule has 15 heterocycles. The number of nitrogens with zero attached hydrogens (tertiary/aromatic N) is 15.